The first-order chi connectivity index (χ1) is 30.8. The van der Waals surface area contributed by atoms with E-state index in [-0.39, 0.29) is 28.9 Å². The number of benzene rings is 5. The molecule has 0 radical (unpaired) electrons. The van der Waals surface area contributed by atoms with Crippen LogP contribution in [0.15, 0.2) is 152 Å². The Hall–Kier alpha value is -6.30. The van der Waals surface area contributed by atoms with Crippen LogP contribution < -0.4 is 0 Å². The predicted molar refractivity (Wildman–Crippen MR) is 219 cm³/mol. The molecule has 8 rings (SSSR count). The zero-order valence-corrected chi connectivity index (χ0v) is 33.9. The van der Waals surface area contributed by atoms with Gasteiger partial charge in [-0.1, -0.05) is 103 Å². The summed E-state index contributed by atoms with van der Waals surface area (Å²) in [4.78, 5) is 55.5. The van der Waals surface area contributed by atoms with Gasteiger partial charge in [0.2, 0.25) is 0 Å². The smallest absolute Gasteiger partial charge is 0.338 e. The number of aliphatic hydroxyl groups excluding tert-OH is 1. The Morgan fingerprint density at radius 1 is 0.540 bits per heavy atom. The number of methoxy groups -OCH3 is 1. The van der Waals surface area contributed by atoms with Crippen LogP contribution in [0.4, 0.5) is 0 Å². The summed E-state index contributed by atoms with van der Waals surface area (Å²) in [6, 6.07) is 41.3. The second kappa shape index (κ2) is 20.3. The molecule has 0 aliphatic carbocycles. The molecular formula is C48H44O15. The standard InChI is InChI=1S/C48H44O15/c1-54-47-36(49)39(37-35(57-47)28-56-46(62-37)33-25-15-6-16-26-33)63-48-41(61-45(53)32-23-13-5-14-24-32)40(60-44(52)31-21-11-4-12-22-31)38(59-43(51)30-19-9-3-10-20-30)34(58-48)27-55-42(50)29-17-7-2-8-18-29/h2-26,34-41,46-49H,27-28H2,1H3/t34-,35-,36+,37-,38-,39+,40+,41+,46-,47+,48-/m1/s1. The molecule has 0 aromatic heterocycles. The molecule has 15 nitrogen and oxygen atoms in total. The number of aliphatic hydroxyl groups is 1. The fourth-order valence-corrected chi connectivity index (χ4v) is 7.48. The highest BCUT2D eigenvalue weighted by molar-refractivity contribution is 5.91. The predicted octanol–water partition coefficient (Wildman–Crippen LogP) is 5.48. The molecule has 0 amide bonds. The molecule has 326 valence electrons. The molecular weight excluding hydrogens is 817 g/mol. The first-order valence-electron chi connectivity index (χ1n) is 20.3. The Labute approximate surface area is 362 Å². The van der Waals surface area contributed by atoms with Crippen molar-refractivity contribution in [2.24, 2.45) is 0 Å². The zero-order chi connectivity index (χ0) is 43.7. The van der Waals surface area contributed by atoms with Gasteiger partial charge in [-0.3, -0.25) is 0 Å². The van der Waals surface area contributed by atoms with E-state index in [1.807, 2.05) is 30.3 Å². The van der Waals surface area contributed by atoms with Crippen LogP contribution in [0.3, 0.4) is 0 Å². The summed E-state index contributed by atoms with van der Waals surface area (Å²) in [5, 5.41) is 11.8. The van der Waals surface area contributed by atoms with E-state index < -0.39 is 98.2 Å². The number of carbonyl (C=O) groups excluding carboxylic acids is 4. The molecule has 3 fully saturated rings. The van der Waals surface area contributed by atoms with E-state index in [0.29, 0.717) is 5.56 Å². The normalized spacial score (nSPS) is 27.8. The third-order valence-electron chi connectivity index (χ3n) is 10.6. The number of fused-ring (bicyclic) bond motifs is 1. The lowest BCUT2D eigenvalue weighted by Gasteiger charge is -2.50. The van der Waals surface area contributed by atoms with Gasteiger partial charge in [0.05, 0.1) is 28.9 Å². The number of hydrogen-bond donors (Lipinski definition) is 1. The summed E-state index contributed by atoms with van der Waals surface area (Å²) in [6.45, 7) is -0.579. The van der Waals surface area contributed by atoms with E-state index >= 15 is 0 Å². The second-order valence-electron chi connectivity index (χ2n) is 14.8. The van der Waals surface area contributed by atoms with Gasteiger partial charge in [0.1, 0.15) is 37.1 Å². The van der Waals surface area contributed by atoms with Gasteiger partial charge in [-0.2, -0.15) is 0 Å². The van der Waals surface area contributed by atoms with E-state index in [2.05, 4.69) is 0 Å². The summed E-state index contributed by atoms with van der Waals surface area (Å²) in [5.41, 5.74) is 1.26. The lowest BCUT2D eigenvalue weighted by molar-refractivity contribution is -0.389. The molecule has 3 heterocycles. The first kappa shape index (κ1) is 43.4. The van der Waals surface area contributed by atoms with Crippen molar-refractivity contribution in [1.29, 1.82) is 0 Å². The van der Waals surface area contributed by atoms with Crippen LogP contribution in [0, 0.1) is 0 Å². The van der Waals surface area contributed by atoms with Gasteiger partial charge < -0.3 is 52.5 Å². The van der Waals surface area contributed by atoms with Crippen molar-refractivity contribution >= 4 is 23.9 Å². The third-order valence-corrected chi connectivity index (χ3v) is 10.6. The average Bonchev–Trinajstić information content (AvgIpc) is 3.34. The maximum absolute atomic E-state index is 14.1. The van der Waals surface area contributed by atoms with Gasteiger partial charge in [0.15, 0.2) is 37.2 Å². The fourth-order valence-electron chi connectivity index (χ4n) is 7.48. The maximum Gasteiger partial charge on any atom is 0.338 e. The molecule has 3 aliphatic heterocycles. The van der Waals surface area contributed by atoms with Gasteiger partial charge in [-0.25, -0.2) is 19.2 Å². The molecule has 3 aliphatic rings. The molecule has 5 aromatic carbocycles. The highest BCUT2D eigenvalue weighted by Gasteiger charge is 2.57. The van der Waals surface area contributed by atoms with E-state index in [4.69, 9.17) is 47.4 Å². The van der Waals surface area contributed by atoms with Crippen molar-refractivity contribution in [2.75, 3.05) is 20.3 Å². The van der Waals surface area contributed by atoms with Crippen molar-refractivity contribution in [2.45, 2.75) is 67.7 Å². The SMILES string of the molecule is CO[C@H]1O[C@@H]2CO[C@@H](c3ccccc3)O[C@H]2[C@@H](O[C@H]2O[C@H](COC(=O)c3ccccc3)[C@@H](OC(=O)c3ccccc3)[C@H](OC(=O)c3ccccc3)[C@@H]2OC(=O)c2ccccc2)[C@@H]1O. The second-order valence-corrected chi connectivity index (χ2v) is 14.8. The van der Waals surface area contributed by atoms with Crippen LogP contribution in [0.2, 0.25) is 0 Å². The third kappa shape index (κ3) is 10.2. The quantitative estimate of drug-likeness (QED) is 0.116. The summed E-state index contributed by atoms with van der Waals surface area (Å²) < 4.78 is 61.6. The van der Waals surface area contributed by atoms with E-state index in [1.165, 1.54) is 43.5 Å². The molecule has 11 atom stereocenters. The van der Waals surface area contributed by atoms with E-state index in [1.54, 1.807) is 84.9 Å². The molecule has 0 unspecified atom stereocenters. The summed E-state index contributed by atoms with van der Waals surface area (Å²) >= 11 is 0. The summed E-state index contributed by atoms with van der Waals surface area (Å²) in [7, 11) is 1.34. The molecule has 0 bridgehead atoms. The lowest BCUT2D eigenvalue weighted by Crippen LogP contribution is -2.67. The van der Waals surface area contributed by atoms with Crippen LogP contribution in [0.5, 0.6) is 0 Å². The van der Waals surface area contributed by atoms with Crippen LogP contribution >= 0.6 is 0 Å². The number of esters is 4. The van der Waals surface area contributed by atoms with Gasteiger partial charge in [-0.05, 0) is 48.5 Å². The lowest BCUT2D eigenvalue weighted by atomic mass is 9.95. The zero-order valence-electron chi connectivity index (χ0n) is 33.9. The van der Waals surface area contributed by atoms with Gasteiger partial charge in [0, 0.05) is 12.7 Å². The largest absolute Gasteiger partial charge is 0.459 e. The monoisotopic (exact) mass is 860 g/mol. The Balaban J connectivity index is 1.21. The molecule has 5 aromatic rings. The van der Waals surface area contributed by atoms with Gasteiger partial charge >= 0.3 is 23.9 Å². The highest BCUT2D eigenvalue weighted by atomic mass is 16.8. The Bertz CT molecular complexity index is 2280. The average molecular weight is 861 g/mol. The number of ether oxygens (including phenoxy) is 10. The molecule has 15 heteroatoms. The number of carbonyl (C=O) groups is 4. The Morgan fingerprint density at radius 3 is 1.51 bits per heavy atom. The molecule has 1 N–H and O–H groups in total. The minimum atomic E-state index is -1.74. The summed E-state index contributed by atoms with van der Waals surface area (Å²) in [5.74, 6) is -3.36. The topological polar surface area (TPSA) is 181 Å². The van der Waals surface area contributed by atoms with Crippen molar-refractivity contribution in [1.82, 2.24) is 0 Å². The van der Waals surface area contributed by atoms with Crippen molar-refractivity contribution in [3.8, 4) is 0 Å². The highest BCUT2D eigenvalue weighted by Crippen LogP contribution is 2.39. The van der Waals surface area contributed by atoms with Crippen LogP contribution in [-0.4, -0.2) is 111 Å². The van der Waals surface area contributed by atoms with Gasteiger partial charge in [-0.15, -0.1) is 0 Å². The molecule has 0 spiro atoms. The van der Waals surface area contributed by atoms with Crippen molar-refractivity contribution < 1.29 is 71.7 Å². The van der Waals surface area contributed by atoms with Crippen molar-refractivity contribution in [3.63, 3.8) is 0 Å². The Morgan fingerprint density at radius 2 is 1.00 bits per heavy atom. The van der Waals surface area contributed by atoms with Gasteiger partial charge in [0.25, 0.3) is 0 Å². The minimum Gasteiger partial charge on any atom is -0.459 e. The molecule has 0 saturated carbocycles. The minimum absolute atomic E-state index is 0.00149. The summed E-state index contributed by atoms with van der Waals surface area (Å²) in [6.07, 6.45) is -15.2. The maximum atomic E-state index is 14.1. The van der Waals surface area contributed by atoms with Crippen LogP contribution in [-0.2, 0) is 47.4 Å². The van der Waals surface area contributed by atoms with Crippen molar-refractivity contribution in [3.05, 3.63) is 179 Å². The fraction of sp³-hybridized carbons (Fsp3) is 0.292. The first-order valence-corrected chi connectivity index (χ1v) is 20.3. The molecule has 3 saturated heterocycles. The number of rotatable bonds is 13. The van der Waals surface area contributed by atoms with E-state index in [9.17, 15) is 24.3 Å². The van der Waals surface area contributed by atoms with Crippen LogP contribution in [0.25, 0.3) is 0 Å². The molecule has 63 heavy (non-hydrogen) atoms. The van der Waals surface area contributed by atoms with Crippen LogP contribution in [0.1, 0.15) is 53.3 Å². The van der Waals surface area contributed by atoms with E-state index in [0.717, 1.165) is 0 Å². The number of hydrogen-bond acceptors (Lipinski definition) is 15. The Kier molecular flexibility index (Phi) is 13.9.